The molecule has 3 aliphatic heterocycles. The van der Waals surface area contributed by atoms with Crippen molar-refractivity contribution in [3.63, 3.8) is 0 Å². The van der Waals surface area contributed by atoms with Crippen LogP contribution in [0.1, 0.15) is 81.5 Å². The van der Waals surface area contributed by atoms with Crippen molar-refractivity contribution in [3.05, 3.63) is 118 Å². The van der Waals surface area contributed by atoms with Gasteiger partial charge in [0, 0.05) is 26.2 Å². The van der Waals surface area contributed by atoms with E-state index in [9.17, 15) is 0 Å². The number of nitrogens with zero attached hydrogens (tertiary/aromatic N) is 1. The van der Waals surface area contributed by atoms with Crippen LogP contribution in [0.15, 0.2) is 91.0 Å². The third-order valence-corrected chi connectivity index (χ3v) is 13.7. The molecular weight excluding hydrogens is 601 g/mol. The molecular formula is C44H40BNOS. The Morgan fingerprint density at radius 2 is 1.50 bits per heavy atom. The molecule has 5 aromatic carbocycles. The van der Waals surface area contributed by atoms with E-state index in [0.29, 0.717) is 0 Å². The van der Waals surface area contributed by atoms with E-state index in [1.54, 1.807) is 0 Å². The molecule has 4 heterocycles. The number of anilines is 3. The monoisotopic (exact) mass is 641 g/mol. The number of ether oxygens (including phenoxy) is 1. The van der Waals surface area contributed by atoms with Crippen molar-refractivity contribution in [2.24, 2.45) is 0 Å². The Morgan fingerprint density at radius 3 is 2.31 bits per heavy atom. The summed E-state index contributed by atoms with van der Waals surface area (Å²) in [7, 11) is 0. The van der Waals surface area contributed by atoms with Gasteiger partial charge in [0.25, 0.3) is 0 Å². The first kappa shape index (κ1) is 28.7. The third kappa shape index (κ3) is 3.60. The smallest absolute Gasteiger partial charge is 0.249 e. The van der Waals surface area contributed by atoms with Crippen molar-refractivity contribution in [1.29, 1.82) is 0 Å². The molecule has 0 saturated heterocycles. The van der Waals surface area contributed by atoms with E-state index in [1.807, 2.05) is 11.3 Å². The molecule has 0 fully saturated rings. The molecule has 0 unspecified atom stereocenters. The van der Waals surface area contributed by atoms with Crippen molar-refractivity contribution < 1.29 is 4.74 Å². The fraction of sp³-hybridized carbons (Fsp3) is 0.273. The van der Waals surface area contributed by atoms with Gasteiger partial charge < -0.3 is 9.64 Å². The van der Waals surface area contributed by atoms with Crippen molar-refractivity contribution in [2.45, 2.75) is 77.6 Å². The second-order valence-electron chi connectivity index (χ2n) is 16.5. The molecule has 10 rings (SSSR count). The van der Waals surface area contributed by atoms with Crippen molar-refractivity contribution in [1.82, 2.24) is 0 Å². The van der Waals surface area contributed by atoms with Crippen LogP contribution in [0.2, 0.25) is 0 Å². The summed E-state index contributed by atoms with van der Waals surface area (Å²) in [6.45, 7) is 16.9. The van der Waals surface area contributed by atoms with Crippen LogP contribution < -0.4 is 26.0 Å². The van der Waals surface area contributed by atoms with Crippen LogP contribution >= 0.6 is 11.3 Å². The Kier molecular flexibility index (Phi) is 5.53. The molecule has 0 spiro atoms. The minimum Gasteiger partial charge on any atom is -0.453 e. The highest BCUT2D eigenvalue weighted by Gasteiger charge is 2.51. The molecule has 0 bridgehead atoms. The van der Waals surface area contributed by atoms with Gasteiger partial charge in [-0.25, -0.2) is 0 Å². The van der Waals surface area contributed by atoms with Crippen LogP contribution in [-0.4, -0.2) is 6.71 Å². The SMILES string of the molecule is Cc1ccc2sc3c(c2c1)B1c2cccc4c2N(c2ccc5c(c2O4)C(C)(C)CCC5(C)C)c2cc(-c4ccccc4)cc(c21)C3(C)C. The van der Waals surface area contributed by atoms with Gasteiger partial charge in [-0.15, -0.1) is 11.3 Å². The van der Waals surface area contributed by atoms with Crippen LogP contribution in [0.3, 0.4) is 0 Å². The Hall–Kier alpha value is -4.28. The normalized spacial score (nSPS) is 18.3. The molecule has 0 radical (unpaired) electrons. The number of hydrogen-bond donors (Lipinski definition) is 0. The molecule has 0 N–H and O–H groups in total. The van der Waals surface area contributed by atoms with Gasteiger partial charge in [-0.1, -0.05) is 114 Å². The minimum absolute atomic E-state index is 0.0132. The molecule has 48 heavy (non-hydrogen) atoms. The molecule has 0 amide bonds. The quantitative estimate of drug-likeness (QED) is 0.165. The first-order valence-electron chi connectivity index (χ1n) is 17.5. The molecule has 4 heteroatoms. The van der Waals surface area contributed by atoms with Crippen LogP contribution in [0.4, 0.5) is 17.1 Å². The maximum absolute atomic E-state index is 7.20. The highest BCUT2D eigenvalue weighted by Crippen LogP contribution is 2.59. The maximum atomic E-state index is 7.20. The standard InChI is InChI=1S/C44H40BNOS/c1-25-16-19-35-28(22-25)37-41(48-35)44(6,7)30-23-27(26-12-9-8-10-13-26)24-33-38(30)45(37)31-14-11-15-34-39(31)46(33)32-18-17-29-36(40(32)47-34)43(4,5)21-20-42(29,2)3/h8-19,22-24H,20-21H2,1-7H3. The summed E-state index contributed by atoms with van der Waals surface area (Å²) in [6.07, 6.45) is 2.32. The van der Waals surface area contributed by atoms with E-state index < -0.39 is 0 Å². The lowest BCUT2D eigenvalue weighted by molar-refractivity contribution is 0.319. The van der Waals surface area contributed by atoms with Gasteiger partial charge in [0.05, 0.1) is 11.4 Å². The number of thiophene rings is 1. The van der Waals surface area contributed by atoms with Crippen molar-refractivity contribution in [2.75, 3.05) is 4.90 Å². The van der Waals surface area contributed by atoms with E-state index >= 15 is 0 Å². The van der Waals surface area contributed by atoms with Crippen LogP contribution in [0, 0.1) is 6.92 Å². The molecule has 1 aliphatic carbocycles. The van der Waals surface area contributed by atoms with Crippen molar-refractivity contribution >= 4 is 61.6 Å². The van der Waals surface area contributed by atoms with Crippen molar-refractivity contribution in [3.8, 4) is 22.6 Å². The predicted molar refractivity (Wildman–Crippen MR) is 205 cm³/mol. The summed E-state index contributed by atoms with van der Waals surface area (Å²) in [4.78, 5) is 4.07. The fourth-order valence-corrected chi connectivity index (χ4v) is 10.9. The van der Waals surface area contributed by atoms with Gasteiger partial charge in [0.1, 0.15) is 0 Å². The lowest BCUT2D eigenvalue weighted by Crippen LogP contribution is -2.63. The Morgan fingerprint density at radius 1 is 0.708 bits per heavy atom. The van der Waals surface area contributed by atoms with Gasteiger partial charge in [0.2, 0.25) is 6.71 Å². The number of hydrogen-bond acceptors (Lipinski definition) is 3. The predicted octanol–water partition coefficient (Wildman–Crippen LogP) is 10.3. The Bertz CT molecular complexity index is 2380. The van der Waals surface area contributed by atoms with Crippen LogP contribution in [0.5, 0.6) is 11.5 Å². The topological polar surface area (TPSA) is 12.5 Å². The summed E-state index contributed by atoms with van der Waals surface area (Å²) in [6, 6.07) is 34.5. The fourth-order valence-electron chi connectivity index (χ4n) is 9.55. The number of rotatable bonds is 1. The van der Waals surface area contributed by atoms with E-state index in [4.69, 9.17) is 4.74 Å². The Labute approximate surface area is 288 Å². The van der Waals surface area contributed by atoms with Gasteiger partial charge in [-0.2, -0.15) is 0 Å². The molecule has 4 aliphatic rings. The first-order chi connectivity index (χ1) is 23.0. The molecule has 2 nitrogen and oxygen atoms in total. The molecule has 6 aromatic rings. The number of aryl methyl sites for hydroxylation is 1. The van der Waals surface area contributed by atoms with Gasteiger partial charge >= 0.3 is 0 Å². The second kappa shape index (κ2) is 9.24. The molecule has 1 aromatic heterocycles. The lowest BCUT2D eigenvalue weighted by atomic mass is 9.30. The van der Waals surface area contributed by atoms with Gasteiger partial charge in [-0.05, 0) is 98.9 Å². The van der Waals surface area contributed by atoms with E-state index in [1.165, 1.54) is 88.2 Å². The highest BCUT2D eigenvalue weighted by molar-refractivity contribution is 7.22. The zero-order chi connectivity index (χ0) is 32.9. The summed E-state index contributed by atoms with van der Waals surface area (Å²) in [5.41, 5.74) is 16.0. The minimum atomic E-state index is -0.162. The maximum Gasteiger partial charge on any atom is 0.249 e. The Balaban J connectivity index is 1.35. The number of fused-ring (bicyclic) bond motifs is 10. The molecule has 0 atom stereocenters. The summed E-state index contributed by atoms with van der Waals surface area (Å²) >= 11 is 1.99. The summed E-state index contributed by atoms with van der Waals surface area (Å²) in [5, 5.41) is 1.40. The zero-order valence-electron chi connectivity index (χ0n) is 28.9. The van der Waals surface area contributed by atoms with E-state index in [0.717, 1.165) is 17.9 Å². The first-order valence-corrected chi connectivity index (χ1v) is 18.3. The van der Waals surface area contributed by atoms with Crippen LogP contribution in [0.25, 0.3) is 21.2 Å². The van der Waals surface area contributed by atoms with E-state index in [2.05, 4.69) is 144 Å². The summed E-state index contributed by atoms with van der Waals surface area (Å²) < 4.78 is 8.58. The third-order valence-electron chi connectivity index (χ3n) is 12.1. The molecule has 236 valence electrons. The number of benzene rings is 5. The second-order valence-corrected chi connectivity index (χ2v) is 17.5. The zero-order valence-corrected chi connectivity index (χ0v) is 29.7. The van der Waals surface area contributed by atoms with E-state index in [-0.39, 0.29) is 23.0 Å². The van der Waals surface area contributed by atoms with Gasteiger partial charge in [0.15, 0.2) is 11.5 Å². The highest BCUT2D eigenvalue weighted by atomic mass is 32.1. The summed E-state index contributed by atoms with van der Waals surface area (Å²) in [5.74, 6) is 2.01. The van der Waals surface area contributed by atoms with Gasteiger partial charge in [-0.3, -0.25) is 0 Å². The average Bonchev–Trinajstić information content (AvgIpc) is 3.45. The number of para-hydroxylation sites is 1. The van der Waals surface area contributed by atoms with Crippen LogP contribution in [-0.2, 0) is 16.2 Å². The lowest BCUT2D eigenvalue weighted by Gasteiger charge is -2.48. The molecule has 0 saturated carbocycles. The largest absolute Gasteiger partial charge is 0.453 e. The average molecular weight is 642 g/mol.